The first-order valence-electron chi connectivity index (χ1n) is 37.0. The number of nitrogens with one attached hydrogen (secondary N) is 6. The number of pyridine rings is 1. The predicted octanol–water partition coefficient (Wildman–Crippen LogP) is 2.19. The first-order chi connectivity index (χ1) is 52.6. The number of carbonyl (C=O) groups excluding carboxylic acids is 13. The van der Waals surface area contributed by atoms with Gasteiger partial charge in [-0.1, -0.05) is 54.6 Å². The van der Waals surface area contributed by atoms with Gasteiger partial charge in [-0.25, -0.2) is 38.5 Å². The molecule has 0 saturated carbocycles. The molecule has 36 heteroatoms. The Hall–Kier alpha value is -11.5. The highest BCUT2D eigenvalue weighted by Crippen LogP contribution is 2.28. The number of hydrogen-bond donors (Lipinski definition) is 9. The number of aromatic nitrogens is 3. The molecular weight excluding hydrogens is 1410 g/mol. The van der Waals surface area contributed by atoms with Gasteiger partial charge in [0.25, 0.3) is 0 Å². The standard InChI is InChI=1S/C15H17N3O2.C13H16N4O2.C13H17N3O2.C9H17N3O2.2C8H15N3O2.C7H13N3O2/c19-11-17-8-6-13(7-9-17)18-10-14(16-15(18)20)12-4-2-1-3-5-12;18-9-16-6-3-11(4-7-16)17-8-10-2-1-5-14-12(10)15-13(17)19;14-13(18)16(11-4-2-1-3-5-11)12-6-8-15(10-17)9-7-12;1-10-9(14)11(2)8-3-5-12(7-13)6-4-8;1-10(8(9)13)7-2-4-11(6-12)5-3-7;1-9-8(13)10-7-2-4-11(6-12)5-3-7;8-7(12)9-6-1-3-10(5-11)4-2-6/h1-5,10-11,13H,6-9H2,(H,16,20);1-2,5,9,11H,3-4,6-8H2,(H,14,15,19);1-5,10,12H,6-9H2,(H2,14,18);7-8H,3-6H2,1-2H3,(H,10,14);6-7H,2-5H2,1H3,(H2,9,13);6-7H,2-5H2,1H3,(H2,9,10,13);5-6H,1-4H2,(H3,8,9,12). The fourth-order valence-electron chi connectivity index (χ4n) is 13.8. The number of para-hydroxylation sites is 1. The van der Waals surface area contributed by atoms with Crippen LogP contribution in [0.25, 0.3) is 11.3 Å². The molecule has 7 saturated heterocycles. The van der Waals surface area contributed by atoms with Crippen molar-refractivity contribution in [2.24, 2.45) is 17.2 Å². The summed E-state index contributed by atoms with van der Waals surface area (Å²) in [6.45, 7) is 10.6. The van der Waals surface area contributed by atoms with Crippen molar-refractivity contribution in [3.8, 4) is 11.3 Å². The quantitative estimate of drug-likeness (QED) is 0.0726. The monoisotopic (exact) mass is 1520 g/mol. The Morgan fingerprint density at radius 2 is 0.881 bits per heavy atom. The molecule has 12 rings (SSSR count). The molecule has 0 atom stereocenters. The first kappa shape index (κ1) is 86.4. The van der Waals surface area contributed by atoms with Crippen molar-refractivity contribution in [2.45, 2.75) is 139 Å². The highest BCUT2D eigenvalue weighted by atomic mass is 16.2. The highest BCUT2D eigenvalue weighted by Gasteiger charge is 2.33. The number of amides is 19. The van der Waals surface area contributed by atoms with Crippen molar-refractivity contribution < 1.29 is 62.3 Å². The molecule has 596 valence electrons. The van der Waals surface area contributed by atoms with E-state index in [9.17, 15) is 67.1 Å². The summed E-state index contributed by atoms with van der Waals surface area (Å²) in [4.78, 5) is 179. The number of likely N-dealkylation sites (tertiary alicyclic amines) is 7. The maximum absolute atomic E-state index is 12.1. The molecule has 4 aromatic rings. The Balaban J connectivity index is 0.000000201. The second kappa shape index (κ2) is 45.9. The molecule has 8 aliphatic heterocycles. The third-order valence-electron chi connectivity index (χ3n) is 20.5. The minimum atomic E-state index is -0.487. The Kier molecular flexibility index (Phi) is 36.4. The summed E-state index contributed by atoms with van der Waals surface area (Å²) in [5.74, 6) is 0.661. The molecule has 0 unspecified atom stereocenters. The Bertz CT molecular complexity index is 3560. The number of carbonyl (C=O) groups is 13. The van der Waals surface area contributed by atoms with E-state index in [1.807, 2.05) is 83.9 Å². The fraction of sp³-hybridized carbons (Fsp3) is 0.548. The lowest BCUT2D eigenvalue weighted by Crippen LogP contribution is -2.50. The van der Waals surface area contributed by atoms with Gasteiger partial charge in [0.15, 0.2) is 0 Å². The minimum Gasteiger partial charge on any atom is -0.352 e. The molecule has 12 N–H and O–H groups in total. The van der Waals surface area contributed by atoms with Gasteiger partial charge in [-0.05, 0) is 114 Å². The van der Waals surface area contributed by atoms with E-state index in [-0.39, 0.29) is 66.1 Å². The average molecular weight is 1520 g/mol. The van der Waals surface area contributed by atoms with Crippen molar-refractivity contribution >= 4 is 92.6 Å². The smallest absolute Gasteiger partial charge is 0.326 e. The first-order valence-corrected chi connectivity index (χ1v) is 37.0. The van der Waals surface area contributed by atoms with E-state index >= 15 is 0 Å². The van der Waals surface area contributed by atoms with E-state index in [2.05, 4.69) is 36.6 Å². The van der Waals surface area contributed by atoms with Crippen LogP contribution in [0.3, 0.4) is 0 Å². The van der Waals surface area contributed by atoms with Crippen LogP contribution in [0.1, 0.15) is 101 Å². The lowest BCUT2D eigenvalue weighted by atomic mass is 10.0. The average Bonchev–Trinajstić information content (AvgIpc) is 1.70. The molecule has 8 aliphatic rings. The molecule has 0 radical (unpaired) electrons. The van der Waals surface area contributed by atoms with Crippen LogP contribution in [0.2, 0.25) is 0 Å². The van der Waals surface area contributed by atoms with Gasteiger partial charge < -0.3 is 92.5 Å². The number of fused-ring (bicyclic) bond motifs is 1. The van der Waals surface area contributed by atoms with E-state index in [0.29, 0.717) is 64.7 Å². The van der Waals surface area contributed by atoms with Crippen molar-refractivity contribution in [3.63, 3.8) is 0 Å². The zero-order valence-electron chi connectivity index (χ0n) is 62.9. The van der Waals surface area contributed by atoms with E-state index in [4.69, 9.17) is 17.2 Å². The van der Waals surface area contributed by atoms with E-state index in [1.54, 1.807) is 88.0 Å². The summed E-state index contributed by atoms with van der Waals surface area (Å²) in [6.07, 6.45) is 21.1. The minimum absolute atomic E-state index is 0.0606. The van der Waals surface area contributed by atoms with Gasteiger partial charge in [-0.15, -0.1) is 0 Å². The molecule has 7 fully saturated rings. The molecular formula is C73H110N22O14. The number of H-pyrrole nitrogens is 1. The van der Waals surface area contributed by atoms with E-state index in [1.165, 1.54) is 0 Å². The number of anilines is 2. The summed E-state index contributed by atoms with van der Waals surface area (Å²) in [5, 5.41) is 13.4. The van der Waals surface area contributed by atoms with Crippen LogP contribution < -0.4 is 54.4 Å². The Morgan fingerprint density at radius 1 is 0.477 bits per heavy atom. The SMILES string of the molecule is CN(C(N)=O)C1CCN(C=O)CC1.CNC(=O)N(C)C1CCN(C=O)CC1.CNC(=O)NC1CCN(C=O)CC1.NC(=O)N(c1ccccc1)C1CCN(C=O)CC1.NC(=O)NC1CCN(C=O)CC1.O=CN1CCC(N2Cc3cccnc3NC2=O)CC1.O=CN1CCC(n2cc(-c3ccccc3)[nH]c2=O)CC1. The number of benzene rings is 2. The molecule has 2 aromatic carbocycles. The Labute approximate surface area is 635 Å². The number of aromatic amines is 1. The van der Waals surface area contributed by atoms with E-state index in [0.717, 1.165) is 197 Å². The van der Waals surface area contributed by atoms with Gasteiger partial charge in [0.2, 0.25) is 44.9 Å². The number of hydrogen-bond acceptors (Lipinski definition) is 15. The second-order valence-corrected chi connectivity index (χ2v) is 27.4. The number of imidazole rings is 1. The lowest BCUT2D eigenvalue weighted by molar-refractivity contribution is -0.120. The number of nitrogens with two attached hydrogens (primary N) is 3. The summed E-state index contributed by atoms with van der Waals surface area (Å²) < 4.78 is 1.77. The van der Waals surface area contributed by atoms with Crippen molar-refractivity contribution in [1.29, 1.82) is 0 Å². The lowest BCUT2D eigenvalue weighted by Gasteiger charge is -2.39. The second-order valence-electron chi connectivity index (χ2n) is 27.4. The molecule has 19 amide bonds. The number of piperidine rings is 7. The van der Waals surface area contributed by atoms with Gasteiger partial charge in [-0.2, -0.15) is 0 Å². The fourth-order valence-corrected chi connectivity index (χ4v) is 13.8. The van der Waals surface area contributed by atoms with Crippen LogP contribution in [-0.4, -0.2) is 301 Å². The summed E-state index contributed by atoms with van der Waals surface area (Å²) >= 11 is 0. The van der Waals surface area contributed by atoms with E-state index < -0.39 is 18.1 Å². The van der Waals surface area contributed by atoms with Crippen LogP contribution in [-0.2, 0) is 40.1 Å². The molecule has 10 heterocycles. The van der Waals surface area contributed by atoms with Gasteiger partial charge >= 0.3 is 41.9 Å². The number of urea groups is 6. The van der Waals surface area contributed by atoms with Gasteiger partial charge in [-0.3, -0.25) is 48.3 Å². The molecule has 0 aliphatic carbocycles. The van der Waals surface area contributed by atoms with Gasteiger partial charge in [0, 0.05) is 186 Å². The molecule has 109 heavy (non-hydrogen) atoms. The van der Waals surface area contributed by atoms with Crippen molar-refractivity contribution in [2.75, 3.05) is 130 Å². The maximum Gasteiger partial charge on any atom is 0.326 e. The number of primary amides is 3. The number of rotatable bonds is 16. The molecule has 0 spiro atoms. The third kappa shape index (κ3) is 28.0. The van der Waals surface area contributed by atoms with Crippen LogP contribution in [0.4, 0.5) is 40.3 Å². The van der Waals surface area contributed by atoms with Crippen LogP contribution in [0.5, 0.6) is 0 Å². The molecule has 0 bridgehead atoms. The molecule has 2 aromatic heterocycles. The summed E-state index contributed by atoms with van der Waals surface area (Å²) in [7, 11) is 6.71. The predicted molar refractivity (Wildman–Crippen MR) is 408 cm³/mol. The third-order valence-corrected chi connectivity index (χ3v) is 20.5. The van der Waals surface area contributed by atoms with Crippen molar-refractivity contribution in [1.82, 2.24) is 84.8 Å². The van der Waals surface area contributed by atoms with Crippen LogP contribution >= 0.6 is 0 Å². The largest absolute Gasteiger partial charge is 0.352 e. The highest BCUT2D eigenvalue weighted by molar-refractivity contribution is 5.92. The topological polar surface area (TPSA) is 446 Å². The van der Waals surface area contributed by atoms with Crippen LogP contribution in [0, 0.1) is 0 Å². The van der Waals surface area contributed by atoms with Gasteiger partial charge in [0.05, 0.1) is 12.2 Å². The van der Waals surface area contributed by atoms with Crippen molar-refractivity contribution in [3.05, 3.63) is 101 Å². The van der Waals surface area contributed by atoms with Crippen LogP contribution in [0.15, 0.2) is 90.0 Å². The number of nitrogens with zero attached hydrogens (tertiary/aromatic N) is 13. The zero-order chi connectivity index (χ0) is 79.2. The summed E-state index contributed by atoms with van der Waals surface area (Å²) in [6, 6.07) is 22.7. The zero-order valence-corrected chi connectivity index (χ0v) is 62.9. The maximum atomic E-state index is 12.1. The molecule has 36 nitrogen and oxygen atoms in total. The summed E-state index contributed by atoms with van der Waals surface area (Å²) in [5.41, 5.74) is 19.2. The normalized spacial score (nSPS) is 17.9. The Morgan fingerprint density at radius 3 is 1.29 bits per heavy atom. The van der Waals surface area contributed by atoms with Gasteiger partial charge in [0.1, 0.15) is 5.82 Å².